The molecule has 0 spiro atoms. The van der Waals surface area contributed by atoms with Crippen LogP contribution in [0.15, 0.2) is 0 Å². The number of thiophene rings is 1. The molecule has 2 aromatic heterocycles. The molecule has 2 rings (SSSR count). The fraction of sp³-hybridized carbons (Fsp3) is 0.308. The third-order valence-corrected chi connectivity index (χ3v) is 3.94. The summed E-state index contributed by atoms with van der Waals surface area (Å²) < 4.78 is 0. The summed E-state index contributed by atoms with van der Waals surface area (Å²) in [7, 11) is 0. The van der Waals surface area contributed by atoms with Crippen molar-refractivity contribution in [2.75, 3.05) is 12.3 Å². The highest BCUT2D eigenvalue weighted by atomic mass is 32.1. The Bertz CT molecular complexity index is 709. The van der Waals surface area contributed by atoms with Gasteiger partial charge in [0, 0.05) is 5.39 Å². The molecule has 0 saturated carbocycles. The van der Waals surface area contributed by atoms with Crippen molar-refractivity contribution < 1.29 is 4.79 Å². The number of nitrogen functional groups attached to an aromatic ring is 1. The minimum atomic E-state index is -0.222. The third-order valence-electron chi connectivity index (χ3n) is 2.86. The number of fused-ring (bicyclic) bond motifs is 1. The van der Waals surface area contributed by atoms with Crippen LogP contribution >= 0.6 is 11.3 Å². The van der Waals surface area contributed by atoms with Gasteiger partial charge < -0.3 is 11.1 Å². The van der Waals surface area contributed by atoms with E-state index in [-0.39, 0.29) is 5.91 Å². The Labute approximate surface area is 115 Å². The molecule has 0 aliphatic carbocycles. The molecule has 98 valence electrons. The SMILES string of the molecule is CC#CCNC(=O)c1sc2nnc(C)c(C)c2c1N. The van der Waals surface area contributed by atoms with Gasteiger partial charge in [-0.05, 0) is 26.3 Å². The summed E-state index contributed by atoms with van der Waals surface area (Å²) in [6.07, 6.45) is 0. The molecule has 2 aromatic rings. The number of aromatic nitrogens is 2. The number of hydrogen-bond donors (Lipinski definition) is 2. The molecule has 3 N–H and O–H groups in total. The lowest BCUT2D eigenvalue weighted by Crippen LogP contribution is -2.23. The predicted molar refractivity (Wildman–Crippen MR) is 77.1 cm³/mol. The zero-order valence-corrected chi connectivity index (χ0v) is 11.8. The molecule has 0 bridgehead atoms. The Balaban J connectivity index is 2.44. The number of nitrogens with two attached hydrogens (primary N) is 1. The van der Waals surface area contributed by atoms with Crippen molar-refractivity contribution in [2.24, 2.45) is 0 Å². The summed E-state index contributed by atoms with van der Waals surface area (Å²) in [5.41, 5.74) is 8.31. The summed E-state index contributed by atoms with van der Waals surface area (Å²) in [6, 6.07) is 0. The average Bonchev–Trinajstić information content (AvgIpc) is 2.72. The van der Waals surface area contributed by atoms with Crippen LogP contribution in [0.5, 0.6) is 0 Å². The van der Waals surface area contributed by atoms with Crippen LogP contribution in [0.4, 0.5) is 5.69 Å². The molecule has 2 heterocycles. The van der Waals surface area contributed by atoms with E-state index >= 15 is 0 Å². The Hall–Kier alpha value is -2.13. The second-order valence-corrected chi connectivity index (χ2v) is 5.04. The summed E-state index contributed by atoms with van der Waals surface area (Å²) in [4.78, 5) is 13.2. The lowest BCUT2D eigenvalue weighted by Gasteiger charge is -2.01. The van der Waals surface area contributed by atoms with Gasteiger partial charge in [-0.3, -0.25) is 4.79 Å². The summed E-state index contributed by atoms with van der Waals surface area (Å²) >= 11 is 1.25. The number of carbonyl (C=O) groups excluding carboxylic acids is 1. The number of anilines is 1. The van der Waals surface area contributed by atoms with Gasteiger partial charge >= 0.3 is 0 Å². The van der Waals surface area contributed by atoms with Crippen LogP contribution in [0.1, 0.15) is 27.9 Å². The second kappa shape index (κ2) is 5.24. The minimum absolute atomic E-state index is 0.222. The van der Waals surface area contributed by atoms with Gasteiger partial charge in [0.15, 0.2) is 0 Å². The molecule has 0 aromatic carbocycles. The molecule has 6 heteroatoms. The van der Waals surface area contributed by atoms with Gasteiger partial charge in [0.05, 0.1) is 17.9 Å². The van der Waals surface area contributed by atoms with E-state index in [0.29, 0.717) is 21.9 Å². The Kier molecular flexibility index (Phi) is 3.67. The minimum Gasteiger partial charge on any atom is -0.397 e. The Morgan fingerprint density at radius 2 is 2.16 bits per heavy atom. The molecule has 0 unspecified atom stereocenters. The van der Waals surface area contributed by atoms with E-state index in [1.807, 2.05) is 13.8 Å². The number of hydrogen-bond acceptors (Lipinski definition) is 5. The number of amides is 1. The molecule has 0 atom stereocenters. The molecule has 0 aliphatic heterocycles. The standard InChI is InChI=1S/C13H14N4OS/c1-4-5-6-15-12(18)11-10(14)9-7(2)8(3)16-17-13(9)19-11/h6,14H2,1-3H3,(H,15,18). The molecule has 0 saturated heterocycles. The third kappa shape index (κ3) is 2.37. The highest BCUT2D eigenvalue weighted by Gasteiger charge is 2.19. The van der Waals surface area contributed by atoms with Crippen molar-refractivity contribution in [2.45, 2.75) is 20.8 Å². The summed E-state index contributed by atoms with van der Waals surface area (Å²) in [5.74, 6) is 5.27. The van der Waals surface area contributed by atoms with Gasteiger partial charge in [0.1, 0.15) is 9.71 Å². The van der Waals surface area contributed by atoms with Crippen molar-refractivity contribution in [3.63, 3.8) is 0 Å². The van der Waals surface area contributed by atoms with Crippen molar-refractivity contribution in [3.8, 4) is 11.8 Å². The first-order chi connectivity index (χ1) is 9.06. The number of rotatable bonds is 2. The lowest BCUT2D eigenvalue weighted by atomic mass is 10.1. The first-order valence-electron chi connectivity index (χ1n) is 5.76. The van der Waals surface area contributed by atoms with Gasteiger partial charge in [-0.25, -0.2) is 0 Å². The first-order valence-corrected chi connectivity index (χ1v) is 6.57. The second-order valence-electron chi connectivity index (χ2n) is 4.04. The highest BCUT2D eigenvalue weighted by molar-refractivity contribution is 7.21. The maximum absolute atomic E-state index is 12.0. The summed E-state index contributed by atoms with van der Waals surface area (Å²) in [5, 5.41) is 11.7. The van der Waals surface area contributed by atoms with Crippen molar-refractivity contribution >= 4 is 33.1 Å². The normalized spacial score (nSPS) is 10.1. The van der Waals surface area contributed by atoms with Crippen molar-refractivity contribution in [3.05, 3.63) is 16.1 Å². The van der Waals surface area contributed by atoms with Crippen molar-refractivity contribution in [1.29, 1.82) is 0 Å². The van der Waals surface area contributed by atoms with Crippen molar-refractivity contribution in [1.82, 2.24) is 15.5 Å². The number of nitrogens with zero attached hydrogens (tertiary/aromatic N) is 2. The highest BCUT2D eigenvalue weighted by Crippen LogP contribution is 2.34. The molecular weight excluding hydrogens is 260 g/mol. The van der Waals surface area contributed by atoms with E-state index < -0.39 is 0 Å². The van der Waals surface area contributed by atoms with Crippen LogP contribution in [0, 0.1) is 25.7 Å². The number of nitrogens with one attached hydrogen (secondary N) is 1. The number of carbonyl (C=O) groups is 1. The van der Waals surface area contributed by atoms with E-state index in [2.05, 4.69) is 27.4 Å². The van der Waals surface area contributed by atoms with Crippen LogP contribution in [-0.4, -0.2) is 22.6 Å². The fourth-order valence-electron chi connectivity index (χ4n) is 1.70. The maximum Gasteiger partial charge on any atom is 0.264 e. The lowest BCUT2D eigenvalue weighted by molar-refractivity contribution is 0.0963. The van der Waals surface area contributed by atoms with Crippen LogP contribution in [0.2, 0.25) is 0 Å². The number of aryl methyl sites for hydroxylation is 2. The smallest absolute Gasteiger partial charge is 0.264 e. The molecule has 19 heavy (non-hydrogen) atoms. The average molecular weight is 274 g/mol. The molecule has 1 amide bonds. The molecule has 0 fully saturated rings. The van der Waals surface area contributed by atoms with E-state index in [1.54, 1.807) is 6.92 Å². The Morgan fingerprint density at radius 1 is 1.42 bits per heavy atom. The zero-order chi connectivity index (χ0) is 14.0. The van der Waals surface area contributed by atoms with E-state index in [9.17, 15) is 4.79 Å². The predicted octanol–water partition coefficient (Wildman–Crippen LogP) is 1.64. The van der Waals surface area contributed by atoms with E-state index in [1.165, 1.54) is 11.3 Å². The first kappa shape index (κ1) is 13.3. The zero-order valence-electron chi connectivity index (χ0n) is 11.0. The van der Waals surface area contributed by atoms with Gasteiger partial charge in [0.2, 0.25) is 0 Å². The van der Waals surface area contributed by atoms with E-state index in [4.69, 9.17) is 5.73 Å². The van der Waals surface area contributed by atoms with Crippen LogP contribution < -0.4 is 11.1 Å². The molecule has 0 radical (unpaired) electrons. The van der Waals surface area contributed by atoms with E-state index in [0.717, 1.165) is 16.6 Å². The Morgan fingerprint density at radius 3 is 2.84 bits per heavy atom. The summed E-state index contributed by atoms with van der Waals surface area (Å²) in [6.45, 7) is 5.84. The quantitative estimate of drug-likeness (QED) is 0.816. The topological polar surface area (TPSA) is 80.9 Å². The molecule has 5 nitrogen and oxygen atoms in total. The van der Waals surface area contributed by atoms with Crippen LogP contribution in [0.25, 0.3) is 10.2 Å². The fourth-order valence-corrected chi connectivity index (χ4v) is 2.72. The monoisotopic (exact) mass is 274 g/mol. The molecule has 0 aliphatic rings. The van der Waals surface area contributed by atoms with Gasteiger partial charge in [0.25, 0.3) is 5.91 Å². The molecular formula is C13H14N4OS. The maximum atomic E-state index is 12.0. The van der Waals surface area contributed by atoms with Crippen LogP contribution in [-0.2, 0) is 0 Å². The van der Waals surface area contributed by atoms with Gasteiger partial charge in [-0.15, -0.1) is 22.4 Å². The van der Waals surface area contributed by atoms with Gasteiger partial charge in [-0.2, -0.15) is 5.10 Å². The largest absolute Gasteiger partial charge is 0.397 e. The van der Waals surface area contributed by atoms with Crippen LogP contribution in [0.3, 0.4) is 0 Å². The van der Waals surface area contributed by atoms with Gasteiger partial charge in [-0.1, -0.05) is 5.92 Å².